The second-order valence-electron chi connectivity index (χ2n) is 2.83. The van der Waals surface area contributed by atoms with Crippen LogP contribution in [0.1, 0.15) is 139 Å². The van der Waals surface area contributed by atoms with Crippen molar-refractivity contribution in [3.8, 4) is 0 Å². The van der Waals surface area contributed by atoms with Crippen LogP contribution in [0.5, 0.6) is 0 Å². The number of carbonyl (C=O) groups is 2. The minimum atomic E-state index is -5.16. The van der Waals surface area contributed by atoms with Gasteiger partial charge in [0.1, 0.15) is 6.54 Å². The summed E-state index contributed by atoms with van der Waals surface area (Å²) in [7, 11) is 0. The number of nitrogens with one attached hydrogen (secondary N) is 1. The Morgan fingerprint density at radius 2 is 1.32 bits per heavy atom. The predicted octanol–water partition coefficient (Wildman–Crippen LogP) is 4.67. The van der Waals surface area contributed by atoms with Crippen LogP contribution >= 0.6 is 0 Å². The molecule has 130 valence electrons. The first-order chi connectivity index (χ1) is 22.3. The van der Waals surface area contributed by atoms with Crippen LogP contribution in [0.4, 0.5) is 0 Å². The monoisotopic (exact) mass is 344 g/mol. The highest BCUT2D eigenvalue weighted by Crippen LogP contribution is 2.12. The van der Waals surface area contributed by atoms with Crippen molar-refractivity contribution < 1.29 is 57.2 Å². The highest BCUT2D eigenvalue weighted by molar-refractivity contribution is 5.80. The van der Waals surface area contributed by atoms with E-state index < -0.39 is 114 Å². The van der Waals surface area contributed by atoms with E-state index in [0.29, 0.717) is 0 Å². The number of carboxylic acids is 1. The number of rotatable bonds is 16. The van der Waals surface area contributed by atoms with Crippen LogP contribution in [-0.4, -0.2) is 23.5 Å². The van der Waals surface area contributed by atoms with E-state index >= 15 is 0 Å². The van der Waals surface area contributed by atoms with Gasteiger partial charge in [-0.3, -0.25) is 9.59 Å². The van der Waals surface area contributed by atoms with E-state index in [2.05, 4.69) is 0 Å². The van der Waals surface area contributed by atoms with E-state index in [1.807, 2.05) is 0 Å². The molecule has 0 unspecified atom stereocenters. The van der Waals surface area contributed by atoms with E-state index in [1.165, 1.54) is 5.32 Å². The Bertz CT molecular complexity index is 1390. The minimum Gasteiger partial charge on any atom is -0.480 e. The molecule has 0 aromatic rings. The summed E-state index contributed by atoms with van der Waals surface area (Å²) in [5.41, 5.74) is 0. The molecule has 0 spiro atoms. The number of hydrogen-bond donors (Lipinski definition) is 2. The molecule has 2 N–H and O–H groups in total. The molecule has 0 heterocycles. The highest BCUT2D eigenvalue weighted by atomic mass is 16.4. The fourth-order valence-corrected chi connectivity index (χ4v) is 0.632. The van der Waals surface area contributed by atoms with E-state index in [4.69, 9.17) is 47.6 Å². The van der Waals surface area contributed by atoms with Crippen molar-refractivity contribution >= 4 is 11.9 Å². The lowest BCUT2D eigenvalue weighted by Crippen LogP contribution is -2.28. The predicted molar refractivity (Wildman–Crippen MR) is 91.0 cm³/mol. The van der Waals surface area contributed by atoms with Crippen molar-refractivity contribution in [3.63, 3.8) is 0 Å². The van der Waals surface area contributed by atoms with Gasteiger partial charge in [-0.1, -0.05) is 83.3 Å². The summed E-state index contributed by atoms with van der Waals surface area (Å²) in [5.74, 6) is -4.10. The largest absolute Gasteiger partial charge is 0.480 e. The fraction of sp³-hybridized carbons (Fsp3) is 0.889. The summed E-state index contributed by atoms with van der Waals surface area (Å²) < 4.78 is 246. The average Bonchev–Trinajstić information content (AvgIpc) is 2.93. The molecule has 4 heteroatoms. The molecule has 0 aliphatic heterocycles. The second-order valence-corrected chi connectivity index (χ2v) is 2.83. The Balaban J connectivity index is 7.62. The van der Waals surface area contributed by atoms with Gasteiger partial charge < -0.3 is 10.4 Å². The Labute approximate surface area is 179 Å². The van der Waals surface area contributed by atoms with Gasteiger partial charge in [-0.15, -0.1) is 0 Å². The zero-order chi connectivity index (χ0) is 44.1. The third kappa shape index (κ3) is 17.0. The topological polar surface area (TPSA) is 66.4 Å². The lowest BCUT2D eigenvalue weighted by atomic mass is 10.0. The molecule has 22 heavy (non-hydrogen) atoms. The molecular formula is C18H35NO3. The van der Waals surface area contributed by atoms with Crippen molar-refractivity contribution in [3.05, 3.63) is 0 Å². The van der Waals surface area contributed by atoms with Gasteiger partial charge >= 0.3 is 5.97 Å². The Morgan fingerprint density at radius 1 is 0.864 bits per heavy atom. The summed E-state index contributed by atoms with van der Waals surface area (Å²) in [6.07, 6.45) is -68.6. The highest BCUT2D eigenvalue weighted by Gasteiger charge is 2.03. The first-order valence-corrected chi connectivity index (χ1v) is 5.34. The molecule has 1 amide bonds. The molecule has 0 saturated carbocycles. The molecule has 0 aliphatic carbocycles. The molecular weight excluding hydrogens is 278 g/mol. The first-order valence-electron chi connectivity index (χ1n) is 20.8. The number of aliphatic carboxylic acids is 1. The van der Waals surface area contributed by atoms with E-state index in [0.717, 1.165) is 0 Å². The van der Waals surface area contributed by atoms with Crippen LogP contribution < -0.4 is 5.32 Å². The Kier molecular flexibility index (Phi) is 2.38. The maximum Gasteiger partial charge on any atom is 0.322 e. The van der Waals surface area contributed by atoms with E-state index in [1.54, 1.807) is 0 Å². The number of carbonyl (C=O) groups excluding carboxylic acids is 1. The summed E-state index contributed by atoms with van der Waals surface area (Å²) in [6.45, 7) is -5.53. The summed E-state index contributed by atoms with van der Waals surface area (Å²) in [4.78, 5) is 23.0. The van der Waals surface area contributed by atoms with Gasteiger partial charge in [-0.25, -0.2) is 0 Å². The maximum absolute atomic E-state index is 12.3. The van der Waals surface area contributed by atoms with Gasteiger partial charge in [0.05, 0.1) is 0 Å². The van der Waals surface area contributed by atoms with Gasteiger partial charge in [0.2, 0.25) is 5.91 Å². The van der Waals surface area contributed by atoms with Crippen LogP contribution in [0.2, 0.25) is 0 Å². The normalized spacial score (nSPS) is 41.2. The van der Waals surface area contributed by atoms with Crippen molar-refractivity contribution in [2.45, 2.75) is 96.1 Å². The van der Waals surface area contributed by atoms with Gasteiger partial charge in [0.25, 0.3) is 0 Å². The first kappa shape index (κ1) is 3.21. The second kappa shape index (κ2) is 16.3. The quantitative estimate of drug-likeness (QED) is 0.427. The zero-order valence-electron chi connectivity index (χ0n) is 42.0. The van der Waals surface area contributed by atoms with Crippen molar-refractivity contribution in [1.82, 2.24) is 5.32 Å². The summed E-state index contributed by atoms with van der Waals surface area (Å²) >= 11 is 0. The van der Waals surface area contributed by atoms with Crippen LogP contribution in [-0.2, 0) is 9.59 Å². The third-order valence-corrected chi connectivity index (χ3v) is 1.33. The van der Waals surface area contributed by atoms with Crippen LogP contribution in [0.3, 0.4) is 0 Å². The average molecular weight is 345 g/mol. The van der Waals surface area contributed by atoms with Crippen LogP contribution in [0.15, 0.2) is 0 Å². The number of amides is 1. The third-order valence-electron chi connectivity index (χ3n) is 1.33. The Morgan fingerprint density at radius 3 is 1.77 bits per heavy atom. The van der Waals surface area contributed by atoms with Crippen molar-refractivity contribution in [2.75, 3.05) is 6.54 Å². The molecule has 0 atom stereocenters. The molecule has 0 aromatic heterocycles. The van der Waals surface area contributed by atoms with E-state index in [9.17, 15) is 9.59 Å². The van der Waals surface area contributed by atoms with Gasteiger partial charge in [-0.2, -0.15) is 0 Å². The Hall–Kier alpha value is -1.06. The maximum atomic E-state index is 12.3. The van der Waals surface area contributed by atoms with Crippen LogP contribution in [0.25, 0.3) is 0 Å². The molecule has 4 nitrogen and oxygen atoms in total. The lowest BCUT2D eigenvalue weighted by molar-refractivity contribution is -0.137. The summed E-state index contributed by atoms with van der Waals surface area (Å²) in [6, 6.07) is 0. The molecule has 0 rings (SSSR count). The lowest BCUT2D eigenvalue weighted by Gasteiger charge is -2.04. The molecule has 0 fully saturated rings. The van der Waals surface area contributed by atoms with Gasteiger partial charge in [-0.05, 0) is 6.37 Å². The molecule has 0 radical (unpaired) electrons. The number of carboxylic acid groups (broad SMARTS) is 1. The smallest absolute Gasteiger partial charge is 0.322 e. The standard InChI is InChI=1S/C18H35NO3/c1-2-3-4-5-6-7-8-9-10-11-12-13-14-15-17(20)19-16-18(21)22/h2-16H2,1H3,(H,19,20)(H,21,22)/i1D3,2D2,3D2,4D2,5D2,6D2,7D2,8D2,9D2,10D2,11D2,12D2,13D2,14D2,15D2. The fourth-order valence-electron chi connectivity index (χ4n) is 0.632. The molecule has 0 aromatic carbocycles. The number of hydrogen-bond acceptors (Lipinski definition) is 2. The molecule has 0 saturated heterocycles. The van der Waals surface area contributed by atoms with Gasteiger partial charge in [0, 0.05) is 48.9 Å². The van der Waals surface area contributed by atoms with Crippen LogP contribution in [0, 0.1) is 0 Å². The van der Waals surface area contributed by atoms with Crippen molar-refractivity contribution in [1.29, 1.82) is 0 Å². The minimum absolute atomic E-state index is 1.32. The zero-order valence-corrected chi connectivity index (χ0v) is 11.0. The molecule has 0 aliphatic rings. The molecule has 0 bridgehead atoms. The van der Waals surface area contributed by atoms with Gasteiger partial charge in [0.15, 0.2) is 0 Å². The van der Waals surface area contributed by atoms with E-state index in [-0.39, 0.29) is 0 Å². The van der Waals surface area contributed by atoms with Crippen molar-refractivity contribution in [2.24, 2.45) is 0 Å². The summed E-state index contributed by atoms with van der Waals surface area (Å²) in [5, 5.41) is 10.00. The SMILES string of the molecule is [2H]C([2H])([2H])C([2H])([2H])C([2H])([2H])C([2H])([2H])C([2H])([2H])C([2H])([2H])C([2H])([2H])C([2H])([2H])C([2H])([2H])C([2H])([2H])C([2H])([2H])C([2H])([2H])C([2H])([2H])C([2H])([2H])C([2H])([2H])C(=O)NCC(=O)O.